The van der Waals surface area contributed by atoms with Crippen LogP contribution in [0.15, 0.2) is 24.3 Å². The first-order valence-corrected chi connectivity index (χ1v) is 9.64. The first-order valence-electron chi connectivity index (χ1n) is 9.64. The predicted molar refractivity (Wildman–Crippen MR) is 111 cm³/mol. The lowest BCUT2D eigenvalue weighted by Gasteiger charge is -2.37. The van der Waals surface area contributed by atoms with Gasteiger partial charge in [-0.3, -0.25) is 4.79 Å². The van der Waals surface area contributed by atoms with Crippen molar-refractivity contribution in [1.29, 1.82) is 0 Å². The van der Waals surface area contributed by atoms with Crippen molar-refractivity contribution in [3.8, 4) is 11.4 Å². The van der Waals surface area contributed by atoms with Gasteiger partial charge in [0, 0.05) is 18.6 Å². The third kappa shape index (κ3) is 4.64. The number of carbonyl (C=O) groups excluding carboxylic acids is 1. The number of halogens is 1. The van der Waals surface area contributed by atoms with Crippen LogP contribution in [0.5, 0.6) is 5.75 Å². The average molecular weight is 408 g/mol. The van der Waals surface area contributed by atoms with Gasteiger partial charge in [-0.25, -0.2) is 4.68 Å². The molecule has 0 aliphatic carbocycles. The minimum atomic E-state index is -0.0829. The Bertz CT molecular complexity index is 788. The number of rotatable bonds is 5. The molecule has 1 aliphatic rings. The van der Waals surface area contributed by atoms with Crippen LogP contribution in [0, 0.1) is 6.92 Å². The molecule has 1 aromatic heterocycles. The summed E-state index contributed by atoms with van der Waals surface area (Å²) in [5.41, 5.74) is 8.08. The Hall–Kier alpha value is -2.12. The number of nitrogens with two attached hydrogens (primary N) is 1. The smallest absolute Gasteiger partial charge is 0.276 e. The fourth-order valence-corrected chi connectivity index (χ4v) is 3.60. The molecule has 2 aromatic rings. The van der Waals surface area contributed by atoms with E-state index in [1.165, 1.54) is 0 Å². The van der Waals surface area contributed by atoms with Crippen molar-refractivity contribution >= 4 is 18.3 Å². The molecule has 2 unspecified atom stereocenters. The summed E-state index contributed by atoms with van der Waals surface area (Å²) in [5, 5.41) is 8.39. The van der Waals surface area contributed by atoms with Gasteiger partial charge in [0.1, 0.15) is 5.75 Å². The molecule has 1 saturated heterocycles. The Balaban J connectivity index is 0.00000280. The van der Waals surface area contributed by atoms with E-state index in [4.69, 9.17) is 10.5 Å². The van der Waals surface area contributed by atoms with E-state index in [2.05, 4.69) is 10.3 Å². The van der Waals surface area contributed by atoms with Crippen molar-refractivity contribution in [2.45, 2.75) is 65.1 Å². The van der Waals surface area contributed by atoms with Crippen molar-refractivity contribution < 1.29 is 9.53 Å². The molecule has 1 fully saturated rings. The van der Waals surface area contributed by atoms with Gasteiger partial charge in [0.15, 0.2) is 5.69 Å². The predicted octanol–water partition coefficient (Wildman–Crippen LogP) is 3.13. The fraction of sp³-hybridized carbons (Fsp3) is 0.550. The normalized spacial score (nSPS) is 17.9. The number of hydrogen-bond acceptors (Lipinski definition) is 5. The standard InChI is InChI=1S/C20H29N5O2.ClH/c1-13(2)27-17-10-8-16(9-11-17)25-15(4)19(22-23-25)20(26)24-12-6-5-7-18(24)14(3)21;/h8-11,13-14,18H,5-7,12,21H2,1-4H3;1H. The van der Waals surface area contributed by atoms with Gasteiger partial charge in [-0.15, -0.1) is 17.5 Å². The Kier molecular flexibility index (Phi) is 7.43. The first kappa shape index (κ1) is 22.2. The monoisotopic (exact) mass is 407 g/mol. The Labute approximate surface area is 172 Å². The lowest BCUT2D eigenvalue weighted by atomic mass is 9.96. The van der Waals surface area contributed by atoms with E-state index in [0.29, 0.717) is 5.69 Å². The molecule has 7 nitrogen and oxygen atoms in total. The molecule has 3 rings (SSSR count). The summed E-state index contributed by atoms with van der Waals surface area (Å²) in [7, 11) is 0. The number of benzene rings is 1. The summed E-state index contributed by atoms with van der Waals surface area (Å²) >= 11 is 0. The zero-order chi connectivity index (χ0) is 19.6. The highest BCUT2D eigenvalue weighted by atomic mass is 35.5. The molecule has 1 aliphatic heterocycles. The van der Waals surface area contributed by atoms with Crippen molar-refractivity contribution in [3.05, 3.63) is 35.7 Å². The average Bonchev–Trinajstić information content (AvgIpc) is 3.02. The highest BCUT2D eigenvalue weighted by Crippen LogP contribution is 2.23. The summed E-state index contributed by atoms with van der Waals surface area (Å²) in [6, 6.07) is 7.63. The summed E-state index contributed by atoms with van der Waals surface area (Å²) in [5.74, 6) is 0.719. The van der Waals surface area contributed by atoms with Crippen molar-refractivity contribution in [2.75, 3.05) is 6.54 Å². The SMILES string of the molecule is Cc1c(C(=O)N2CCCCC2C(C)N)nnn1-c1ccc(OC(C)C)cc1.Cl. The molecular weight excluding hydrogens is 378 g/mol. The number of ether oxygens (including phenoxy) is 1. The van der Waals surface area contributed by atoms with Gasteiger partial charge in [0.05, 0.1) is 17.5 Å². The van der Waals surface area contributed by atoms with Crippen LogP contribution in [0.4, 0.5) is 0 Å². The second-order valence-electron chi connectivity index (χ2n) is 7.52. The maximum atomic E-state index is 13.1. The van der Waals surface area contributed by atoms with Crippen molar-refractivity contribution in [2.24, 2.45) is 5.73 Å². The Morgan fingerprint density at radius 3 is 2.50 bits per heavy atom. The van der Waals surface area contributed by atoms with Crippen LogP contribution in [-0.2, 0) is 0 Å². The van der Waals surface area contributed by atoms with Gasteiger partial charge < -0.3 is 15.4 Å². The van der Waals surface area contributed by atoms with Crippen LogP contribution in [0.1, 0.15) is 56.2 Å². The molecule has 0 saturated carbocycles. The van der Waals surface area contributed by atoms with Gasteiger partial charge in [0.25, 0.3) is 5.91 Å². The molecule has 154 valence electrons. The molecule has 2 atom stereocenters. The number of nitrogens with zero attached hydrogens (tertiary/aromatic N) is 4. The van der Waals surface area contributed by atoms with Gasteiger partial charge in [-0.05, 0) is 71.2 Å². The molecule has 0 radical (unpaired) electrons. The van der Waals surface area contributed by atoms with Crippen LogP contribution in [-0.4, -0.2) is 50.5 Å². The van der Waals surface area contributed by atoms with Crippen molar-refractivity contribution in [1.82, 2.24) is 19.9 Å². The van der Waals surface area contributed by atoms with Crippen molar-refractivity contribution in [3.63, 3.8) is 0 Å². The Morgan fingerprint density at radius 1 is 1.21 bits per heavy atom. The molecule has 2 heterocycles. The molecule has 0 bridgehead atoms. The van der Waals surface area contributed by atoms with Crippen LogP contribution in [0.2, 0.25) is 0 Å². The molecule has 1 amide bonds. The maximum Gasteiger partial charge on any atom is 0.276 e. The molecular formula is C20H30ClN5O2. The van der Waals surface area contributed by atoms with E-state index in [0.717, 1.165) is 42.9 Å². The summed E-state index contributed by atoms with van der Waals surface area (Å²) in [4.78, 5) is 15.0. The fourth-order valence-electron chi connectivity index (χ4n) is 3.60. The van der Waals surface area contributed by atoms with Gasteiger partial charge in [-0.2, -0.15) is 0 Å². The van der Waals surface area contributed by atoms with E-state index in [1.807, 2.05) is 56.9 Å². The number of likely N-dealkylation sites (tertiary alicyclic amines) is 1. The molecule has 0 spiro atoms. The minimum Gasteiger partial charge on any atom is -0.491 e. The summed E-state index contributed by atoms with van der Waals surface area (Å²) in [6.07, 6.45) is 3.16. The quantitative estimate of drug-likeness (QED) is 0.822. The lowest BCUT2D eigenvalue weighted by Crippen LogP contribution is -2.51. The third-order valence-corrected chi connectivity index (χ3v) is 4.97. The number of hydrogen-bond donors (Lipinski definition) is 1. The number of amides is 1. The van der Waals surface area contributed by atoms with Gasteiger partial charge in [-0.1, -0.05) is 5.21 Å². The zero-order valence-electron chi connectivity index (χ0n) is 17.0. The van der Waals surface area contributed by atoms with Crippen LogP contribution >= 0.6 is 12.4 Å². The van der Waals surface area contributed by atoms with E-state index >= 15 is 0 Å². The van der Waals surface area contributed by atoms with E-state index < -0.39 is 0 Å². The highest BCUT2D eigenvalue weighted by molar-refractivity contribution is 5.93. The second kappa shape index (κ2) is 9.39. The Morgan fingerprint density at radius 2 is 1.89 bits per heavy atom. The van der Waals surface area contributed by atoms with E-state index in [1.54, 1.807) is 4.68 Å². The largest absolute Gasteiger partial charge is 0.491 e. The second-order valence-corrected chi connectivity index (χ2v) is 7.52. The highest BCUT2D eigenvalue weighted by Gasteiger charge is 2.32. The van der Waals surface area contributed by atoms with E-state index in [-0.39, 0.29) is 36.5 Å². The van der Waals surface area contributed by atoms with Crippen LogP contribution in [0.25, 0.3) is 5.69 Å². The first-order chi connectivity index (χ1) is 12.9. The summed E-state index contributed by atoms with van der Waals surface area (Å²) in [6.45, 7) is 8.53. The van der Waals surface area contributed by atoms with E-state index in [9.17, 15) is 4.79 Å². The third-order valence-electron chi connectivity index (χ3n) is 4.97. The maximum absolute atomic E-state index is 13.1. The molecule has 28 heavy (non-hydrogen) atoms. The lowest BCUT2D eigenvalue weighted by molar-refractivity contribution is 0.0577. The number of aromatic nitrogens is 3. The molecule has 8 heteroatoms. The van der Waals surface area contributed by atoms with Crippen LogP contribution in [0.3, 0.4) is 0 Å². The number of carbonyl (C=O) groups is 1. The molecule has 2 N–H and O–H groups in total. The summed E-state index contributed by atoms with van der Waals surface area (Å²) < 4.78 is 7.37. The topological polar surface area (TPSA) is 86.3 Å². The van der Waals surface area contributed by atoms with Gasteiger partial charge in [0.2, 0.25) is 0 Å². The minimum absolute atomic E-state index is 0. The zero-order valence-corrected chi connectivity index (χ0v) is 17.8. The van der Waals surface area contributed by atoms with Crippen LogP contribution < -0.4 is 10.5 Å². The van der Waals surface area contributed by atoms with Gasteiger partial charge >= 0.3 is 0 Å². The number of piperidine rings is 1. The molecule has 1 aromatic carbocycles.